The van der Waals surface area contributed by atoms with Gasteiger partial charge in [-0.1, -0.05) is 17.7 Å². The molecular weight excluding hydrogens is 290 g/mol. The van der Waals surface area contributed by atoms with E-state index in [2.05, 4.69) is 4.98 Å². The molecule has 4 nitrogen and oxygen atoms in total. The van der Waals surface area contributed by atoms with E-state index in [1.807, 2.05) is 13.8 Å². The summed E-state index contributed by atoms with van der Waals surface area (Å²) in [6.07, 6.45) is 1.58. The second-order valence-electron chi connectivity index (χ2n) is 4.48. The highest BCUT2D eigenvalue weighted by molar-refractivity contribution is 6.29. The van der Waals surface area contributed by atoms with Crippen molar-refractivity contribution < 1.29 is 14.3 Å². The van der Waals surface area contributed by atoms with Crippen LogP contribution in [0, 0.1) is 6.92 Å². The molecule has 0 aliphatic rings. The molecule has 110 valence electrons. The monoisotopic (exact) mass is 305 g/mol. The van der Waals surface area contributed by atoms with Gasteiger partial charge in [0.1, 0.15) is 17.5 Å². The van der Waals surface area contributed by atoms with Crippen molar-refractivity contribution in [3.05, 3.63) is 58.4 Å². The Labute approximate surface area is 128 Å². The summed E-state index contributed by atoms with van der Waals surface area (Å²) in [7, 11) is 0. The minimum absolute atomic E-state index is 0.162. The van der Waals surface area contributed by atoms with E-state index >= 15 is 0 Å². The van der Waals surface area contributed by atoms with Gasteiger partial charge >= 0.3 is 5.97 Å². The van der Waals surface area contributed by atoms with Crippen molar-refractivity contribution in [2.45, 2.75) is 20.5 Å². The summed E-state index contributed by atoms with van der Waals surface area (Å²) in [6.45, 7) is 4.57. The number of pyridine rings is 1. The van der Waals surface area contributed by atoms with Crippen LogP contribution in [0.1, 0.15) is 28.4 Å². The Morgan fingerprint density at radius 3 is 2.71 bits per heavy atom. The number of rotatable bonds is 5. The lowest BCUT2D eigenvalue weighted by Gasteiger charge is -2.09. The van der Waals surface area contributed by atoms with Gasteiger partial charge in [-0.3, -0.25) is 0 Å². The highest BCUT2D eigenvalue weighted by atomic mass is 35.5. The topological polar surface area (TPSA) is 48.4 Å². The van der Waals surface area contributed by atoms with E-state index in [1.165, 1.54) is 0 Å². The lowest BCUT2D eigenvalue weighted by molar-refractivity contribution is 0.0472. The largest absolute Gasteiger partial charge is 0.494 e. The molecular formula is C16H16ClNO3. The van der Waals surface area contributed by atoms with E-state index in [4.69, 9.17) is 21.1 Å². The molecule has 0 N–H and O–H groups in total. The van der Waals surface area contributed by atoms with Gasteiger partial charge in [-0.25, -0.2) is 9.78 Å². The predicted octanol–water partition coefficient (Wildman–Crippen LogP) is 3.80. The lowest BCUT2D eigenvalue weighted by atomic mass is 10.1. The third kappa shape index (κ3) is 4.20. The number of aromatic nitrogens is 1. The van der Waals surface area contributed by atoms with E-state index in [1.54, 1.807) is 36.5 Å². The van der Waals surface area contributed by atoms with Crippen LogP contribution in [0.4, 0.5) is 0 Å². The van der Waals surface area contributed by atoms with Crippen LogP contribution >= 0.6 is 11.6 Å². The van der Waals surface area contributed by atoms with Crippen molar-refractivity contribution in [1.29, 1.82) is 0 Å². The van der Waals surface area contributed by atoms with Gasteiger partial charge in [-0.15, -0.1) is 0 Å². The maximum Gasteiger partial charge on any atom is 0.338 e. The summed E-state index contributed by atoms with van der Waals surface area (Å²) in [5.41, 5.74) is 2.19. The highest BCUT2D eigenvalue weighted by Gasteiger charge is 2.10. The first-order chi connectivity index (χ1) is 10.1. The van der Waals surface area contributed by atoms with E-state index in [0.29, 0.717) is 17.3 Å². The zero-order valence-corrected chi connectivity index (χ0v) is 12.7. The quantitative estimate of drug-likeness (QED) is 0.623. The van der Waals surface area contributed by atoms with Gasteiger partial charge in [0.05, 0.1) is 12.2 Å². The van der Waals surface area contributed by atoms with E-state index in [-0.39, 0.29) is 12.6 Å². The van der Waals surface area contributed by atoms with Crippen LogP contribution in [0.2, 0.25) is 5.15 Å². The molecule has 0 amide bonds. The minimum Gasteiger partial charge on any atom is -0.494 e. The highest BCUT2D eigenvalue weighted by Crippen LogP contribution is 2.20. The fraction of sp³-hybridized carbons (Fsp3) is 0.250. The Morgan fingerprint density at radius 1 is 1.29 bits per heavy atom. The Balaban J connectivity index is 2.00. The van der Waals surface area contributed by atoms with Crippen LogP contribution in [0.5, 0.6) is 5.75 Å². The number of hydrogen-bond donors (Lipinski definition) is 0. The molecule has 0 aliphatic heterocycles. The third-order valence-corrected chi connectivity index (χ3v) is 3.09. The number of hydrogen-bond acceptors (Lipinski definition) is 4. The van der Waals surface area contributed by atoms with Crippen molar-refractivity contribution in [3.63, 3.8) is 0 Å². The predicted molar refractivity (Wildman–Crippen MR) is 80.7 cm³/mol. The van der Waals surface area contributed by atoms with Gasteiger partial charge in [-0.05, 0) is 43.7 Å². The maximum atomic E-state index is 12.0. The molecule has 0 radical (unpaired) electrons. The summed E-state index contributed by atoms with van der Waals surface area (Å²) < 4.78 is 10.7. The maximum absolute atomic E-state index is 12.0. The molecule has 0 spiro atoms. The summed E-state index contributed by atoms with van der Waals surface area (Å²) in [4.78, 5) is 15.9. The standard InChI is InChI=1S/C16H16ClNO3/c1-3-20-14-6-5-13(8-11(14)2)16(19)21-10-12-4-7-15(17)18-9-12/h4-9H,3,10H2,1-2H3. The molecule has 0 unspecified atom stereocenters. The Kier molecular flexibility index (Phi) is 5.17. The van der Waals surface area contributed by atoms with Gasteiger partial charge in [0.15, 0.2) is 0 Å². The summed E-state index contributed by atoms with van der Waals surface area (Å²) >= 11 is 5.70. The van der Waals surface area contributed by atoms with Crippen LogP contribution in [0.25, 0.3) is 0 Å². The number of carbonyl (C=O) groups excluding carboxylic acids is 1. The van der Waals surface area contributed by atoms with Gasteiger partial charge in [0.25, 0.3) is 0 Å². The molecule has 0 aliphatic carbocycles. The Morgan fingerprint density at radius 2 is 2.10 bits per heavy atom. The normalized spacial score (nSPS) is 10.2. The smallest absolute Gasteiger partial charge is 0.338 e. The average molecular weight is 306 g/mol. The number of benzene rings is 1. The number of aryl methyl sites for hydroxylation is 1. The first-order valence-electron chi connectivity index (χ1n) is 6.61. The molecule has 2 rings (SSSR count). The molecule has 1 heterocycles. The number of esters is 1. The second kappa shape index (κ2) is 7.09. The Bertz CT molecular complexity index is 626. The van der Waals surface area contributed by atoms with Crippen LogP contribution in [-0.4, -0.2) is 17.6 Å². The zero-order valence-electron chi connectivity index (χ0n) is 11.9. The molecule has 21 heavy (non-hydrogen) atoms. The van der Waals surface area contributed by atoms with E-state index in [0.717, 1.165) is 16.9 Å². The summed E-state index contributed by atoms with van der Waals surface area (Å²) in [5, 5.41) is 0.409. The molecule has 0 saturated heterocycles. The van der Waals surface area contributed by atoms with E-state index < -0.39 is 0 Å². The molecule has 0 atom stereocenters. The minimum atomic E-state index is -0.379. The number of halogens is 1. The lowest BCUT2D eigenvalue weighted by Crippen LogP contribution is -2.06. The fourth-order valence-electron chi connectivity index (χ4n) is 1.82. The van der Waals surface area contributed by atoms with Gasteiger partial charge in [0, 0.05) is 11.8 Å². The SMILES string of the molecule is CCOc1ccc(C(=O)OCc2ccc(Cl)nc2)cc1C. The van der Waals surface area contributed by atoms with Gasteiger partial charge in [0.2, 0.25) is 0 Å². The number of nitrogens with zero attached hydrogens (tertiary/aromatic N) is 1. The van der Waals surface area contributed by atoms with Crippen molar-refractivity contribution in [2.75, 3.05) is 6.61 Å². The van der Waals surface area contributed by atoms with Crippen molar-refractivity contribution in [2.24, 2.45) is 0 Å². The first kappa shape index (κ1) is 15.3. The second-order valence-corrected chi connectivity index (χ2v) is 4.87. The van der Waals surface area contributed by atoms with Crippen LogP contribution in [0.15, 0.2) is 36.5 Å². The molecule has 1 aromatic heterocycles. The molecule has 0 fully saturated rings. The fourth-order valence-corrected chi connectivity index (χ4v) is 1.93. The average Bonchev–Trinajstić information content (AvgIpc) is 2.48. The first-order valence-corrected chi connectivity index (χ1v) is 6.99. The van der Waals surface area contributed by atoms with Crippen molar-refractivity contribution in [1.82, 2.24) is 4.98 Å². The summed E-state index contributed by atoms with van der Waals surface area (Å²) in [5.74, 6) is 0.395. The van der Waals surface area contributed by atoms with Crippen LogP contribution in [0.3, 0.4) is 0 Å². The van der Waals surface area contributed by atoms with Gasteiger partial charge in [-0.2, -0.15) is 0 Å². The van der Waals surface area contributed by atoms with Crippen molar-refractivity contribution >= 4 is 17.6 Å². The molecule has 5 heteroatoms. The number of ether oxygens (including phenoxy) is 2. The Hall–Kier alpha value is -2.07. The zero-order chi connectivity index (χ0) is 15.2. The van der Waals surface area contributed by atoms with Crippen molar-refractivity contribution in [3.8, 4) is 5.75 Å². The van der Waals surface area contributed by atoms with Crippen LogP contribution < -0.4 is 4.74 Å². The third-order valence-electron chi connectivity index (χ3n) is 2.87. The van der Waals surface area contributed by atoms with Crippen LogP contribution in [-0.2, 0) is 11.3 Å². The summed E-state index contributed by atoms with van der Waals surface area (Å²) in [6, 6.07) is 8.66. The number of carbonyl (C=O) groups is 1. The molecule has 0 saturated carbocycles. The van der Waals surface area contributed by atoms with Gasteiger partial charge < -0.3 is 9.47 Å². The molecule has 0 bridgehead atoms. The molecule has 2 aromatic rings. The van der Waals surface area contributed by atoms with E-state index in [9.17, 15) is 4.79 Å². The molecule has 1 aromatic carbocycles.